The SMILES string of the molecule is Cn1c(=O)[nH]c(N)c(NC(=O)[C@@]2(Cl)C=CC(c3ccccc3)=CC2)c1=O. The standard InChI is InChI=1S/C18H17ClN4O3/c1-23-15(24)13(14(20)22-17(23)26)21-16(25)18(19)9-7-12(8-10-18)11-5-3-2-4-6-11/h2-9H,10,20H2,1H3,(H,21,25)(H,22,26)/t18-/m1/s1. The molecule has 0 saturated carbocycles. The highest BCUT2D eigenvalue weighted by atomic mass is 35.5. The zero-order valence-electron chi connectivity index (χ0n) is 14.0. The number of nitrogen functional groups attached to an aromatic ring is 1. The number of nitrogens with two attached hydrogens (primary N) is 1. The Kier molecular flexibility index (Phi) is 4.56. The van der Waals surface area contributed by atoms with Crippen LogP contribution in [0.3, 0.4) is 0 Å². The van der Waals surface area contributed by atoms with Gasteiger partial charge in [0.25, 0.3) is 5.56 Å². The number of allylic oxidation sites excluding steroid dienone is 3. The van der Waals surface area contributed by atoms with Crippen molar-refractivity contribution in [2.45, 2.75) is 11.3 Å². The zero-order chi connectivity index (χ0) is 18.9. The topological polar surface area (TPSA) is 110 Å². The Balaban J connectivity index is 1.83. The van der Waals surface area contributed by atoms with Crippen molar-refractivity contribution in [1.29, 1.82) is 0 Å². The molecule has 8 heteroatoms. The molecule has 4 N–H and O–H groups in total. The lowest BCUT2D eigenvalue weighted by Crippen LogP contribution is -2.41. The number of amides is 1. The number of H-pyrrole nitrogens is 1. The first kappa shape index (κ1) is 17.8. The van der Waals surface area contributed by atoms with Crippen molar-refractivity contribution in [3.63, 3.8) is 0 Å². The van der Waals surface area contributed by atoms with Crippen LogP contribution in [0.4, 0.5) is 11.5 Å². The number of nitrogens with one attached hydrogen (secondary N) is 2. The van der Waals surface area contributed by atoms with Crippen LogP contribution < -0.4 is 22.3 Å². The van der Waals surface area contributed by atoms with E-state index < -0.39 is 22.0 Å². The molecule has 0 radical (unpaired) electrons. The van der Waals surface area contributed by atoms with Gasteiger partial charge in [-0.15, -0.1) is 11.6 Å². The number of hydrogen-bond donors (Lipinski definition) is 3. The van der Waals surface area contributed by atoms with Crippen LogP contribution in [0.25, 0.3) is 5.57 Å². The molecule has 1 heterocycles. The van der Waals surface area contributed by atoms with Gasteiger partial charge in [0.05, 0.1) is 0 Å². The van der Waals surface area contributed by atoms with E-state index in [1.807, 2.05) is 36.4 Å². The van der Waals surface area contributed by atoms with Gasteiger partial charge in [0.1, 0.15) is 16.4 Å². The number of rotatable bonds is 3. The molecule has 0 saturated heterocycles. The van der Waals surface area contributed by atoms with Gasteiger partial charge in [-0.2, -0.15) is 0 Å². The lowest BCUT2D eigenvalue weighted by Gasteiger charge is -2.24. The van der Waals surface area contributed by atoms with E-state index in [0.29, 0.717) is 0 Å². The number of carbonyl (C=O) groups is 1. The van der Waals surface area contributed by atoms with Crippen LogP contribution in [0.2, 0.25) is 0 Å². The summed E-state index contributed by atoms with van der Waals surface area (Å²) in [5, 5.41) is 2.43. The third kappa shape index (κ3) is 3.21. The van der Waals surface area contributed by atoms with E-state index in [9.17, 15) is 14.4 Å². The maximum absolute atomic E-state index is 12.6. The minimum Gasteiger partial charge on any atom is -0.383 e. The quantitative estimate of drug-likeness (QED) is 0.711. The van der Waals surface area contributed by atoms with Crippen molar-refractivity contribution in [2.24, 2.45) is 7.05 Å². The molecule has 3 rings (SSSR count). The van der Waals surface area contributed by atoms with Gasteiger partial charge in [0.15, 0.2) is 0 Å². The molecule has 1 atom stereocenters. The molecule has 0 aliphatic heterocycles. The van der Waals surface area contributed by atoms with E-state index in [1.54, 1.807) is 12.2 Å². The number of anilines is 2. The van der Waals surface area contributed by atoms with Crippen LogP contribution in [0, 0.1) is 0 Å². The summed E-state index contributed by atoms with van der Waals surface area (Å²) in [7, 11) is 1.28. The molecule has 1 amide bonds. The van der Waals surface area contributed by atoms with Crippen LogP contribution in [0.15, 0.2) is 58.1 Å². The second-order valence-electron chi connectivity index (χ2n) is 5.96. The minimum atomic E-state index is -1.36. The average molecular weight is 373 g/mol. The molecule has 0 spiro atoms. The van der Waals surface area contributed by atoms with Crippen molar-refractivity contribution in [1.82, 2.24) is 9.55 Å². The molecule has 0 bridgehead atoms. The molecule has 26 heavy (non-hydrogen) atoms. The highest BCUT2D eigenvalue weighted by Crippen LogP contribution is 2.32. The Labute approximate surface area is 153 Å². The summed E-state index contributed by atoms with van der Waals surface area (Å²) in [6, 6.07) is 9.69. The van der Waals surface area contributed by atoms with Gasteiger partial charge in [0, 0.05) is 7.05 Å². The summed E-state index contributed by atoms with van der Waals surface area (Å²) < 4.78 is 0.816. The third-order valence-electron chi connectivity index (χ3n) is 4.20. The minimum absolute atomic E-state index is 0.205. The lowest BCUT2D eigenvalue weighted by molar-refractivity contribution is -0.117. The van der Waals surface area contributed by atoms with Gasteiger partial charge in [-0.3, -0.25) is 19.1 Å². The fraction of sp³-hybridized carbons (Fsp3) is 0.167. The van der Waals surface area contributed by atoms with Crippen molar-refractivity contribution in [2.75, 3.05) is 11.1 Å². The van der Waals surface area contributed by atoms with E-state index in [4.69, 9.17) is 17.3 Å². The first-order valence-corrected chi connectivity index (χ1v) is 8.23. The molecule has 1 aromatic heterocycles. The Hall–Kier alpha value is -3.06. The van der Waals surface area contributed by atoms with Gasteiger partial charge in [-0.25, -0.2) is 4.79 Å². The first-order valence-electron chi connectivity index (χ1n) is 7.86. The van der Waals surface area contributed by atoms with Gasteiger partial charge >= 0.3 is 5.69 Å². The fourth-order valence-corrected chi connectivity index (χ4v) is 2.79. The smallest absolute Gasteiger partial charge is 0.329 e. The number of benzene rings is 1. The lowest BCUT2D eigenvalue weighted by atomic mass is 9.91. The normalized spacial score (nSPS) is 19.1. The molecule has 0 unspecified atom stereocenters. The van der Waals surface area contributed by atoms with Crippen LogP contribution >= 0.6 is 11.6 Å². The summed E-state index contributed by atoms with van der Waals surface area (Å²) in [6.45, 7) is 0. The second-order valence-corrected chi connectivity index (χ2v) is 6.64. The number of halogens is 1. The highest BCUT2D eigenvalue weighted by Gasteiger charge is 2.35. The molecular formula is C18H17ClN4O3. The molecule has 2 aromatic rings. The van der Waals surface area contributed by atoms with Crippen LogP contribution in [0.5, 0.6) is 0 Å². The van der Waals surface area contributed by atoms with Gasteiger partial charge in [0.2, 0.25) is 5.91 Å². The summed E-state index contributed by atoms with van der Waals surface area (Å²) in [5.74, 6) is -0.818. The maximum Gasteiger partial charge on any atom is 0.329 e. The third-order valence-corrected chi connectivity index (χ3v) is 4.66. The molecule has 7 nitrogen and oxygen atoms in total. The van der Waals surface area contributed by atoms with E-state index in [-0.39, 0.29) is 17.9 Å². The maximum atomic E-state index is 12.6. The van der Waals surface area contributed by atoms with Crippen molar-refractivity contribution in [3.8, 4) is 0 Å². The van der Waals surface area contributed by atoms with E-state index in [0.717, 1.165) is 15.7 Å². The van der Waals surface area contributed by atoms with Crippen LogP contribution in [-0.4, -0.2) is 20.3 Å². The summed E-state index contributed by atoms with van der Waals surface area (Å²) >= 11 is 6.44. The second kappa shape index (κ2) is 6.68. The fourth-order valence-electron chi connectivity index (χ4n) is 2.60. The van der Waals surface area contributed by atoms with E-state index >= 15 is 0 Å². The largest absolute Gasteiger partial charge is 0.383 e. The number of carbonyl (C=O) groups excluding carboxylic acids is 1. The Morgan fingerprint density at radius 2 is 2.00 bits per heavy atom. The molecular weight excluding hydrogens is 356 g/mol. The summed E-state index contributed by atoms with van der Waals surface area (Å²) in [5.41, 5.74) is 6.04. The predicted octanol–water partition coefficient (Wildman–Crippen LogP) is 1.62. The van der Waals surface area contributed by atoms with E-state index in [2.05, 4.69) is 10.3 Å². The summed E-state index contributed by atoms with van der Waals surface area (Å²) in [4.78, 5) is 37.2. The first-order chi connectivity index (χ1) is 12.3. The van der Waals surface area contributed by atoms with Gasteiger partial charge in [-0.05, 0) is 17.6 Å². The predicted molar refractivity (Wildman–Crippen MR) is 102 cm³/mol. The van der Waals surface area contributed by atoms with E-state index in [1.165, 1.54) is 7.05 Å². The Morgan fingerprint density at radius 3 is 2.62 bits per heavy atom. The number of hydrogen-bond acceptors (Lipinski definition) is 4. The van der Waals surface area contributed by atoms with Crippen LogP contribution in [0.1, 0.15) is 12.0 Å². The number of alkyl halides is 1. The Bertz CT molecular complexity index is 1040. The molecule has 1 aromatic carbocycles. The molecule has 134 valence electrons. The van der Waals surface area contributed by atoms with Gasteiger partial charge in [-0.1, -0.05) is 48.6 Å². The highest BCUT2D eigenvalue weighted by molar-refractivity contribution is 6.38. The van der Waals surface area contributed by atoms with Crippen LogP contribution in [-0.2, 0) is 11.8 Å². The number of nitrogens with zero attached hydrogens (tertiary/aromatic N) is 1. The van der Waals surface area contributed by atoms with Crippen molar-refractivity contribution >= 4 is 34.6 Å². The molecule has 1 aliphatic carbocycles. The molecule has 0 fully saturated rings. The van der Waals surface area contributed by atoms with Gasteiger partial charge < -0.3 is 11.1 Å². The zero-order valence-corrected chi connectivity index (χ0v) is 14.7. The Morgan fingerprint density at radius 1 is 1.31 bits per heavy atom. The number of aromatic nitrogens is 2. The van der Waals surface area contributed by atoms with Crippen molar-refractivity contribution < 1.29 is 4.79 Å². The summed E-state index contributed by atoms with van der Waals surface area (Å²) in [6.07, 6.45) is 5.44. The monoisotopic (exact) mass is 372 g/mol. The average Bonchev–Trinajstić information content (AvgIpc) is 2.64. The molecule has 1 aliphatic rings. The van der Waals surface area contributed by atoms with Crippen molar-refractivity contribution in [3.05, 3.63) is 75.0 Å². The number of aromatic amines is 1.